The highest BCUT2D eigenvalue weighted by Crippen LogP contribution is 2.27. The minimum atomic E-state index is -0.443. The van der Waals surface area contributed by atoms with Gasteiger partial charge in [-0.25, -0.2) is 9.82 Å². The van der Waals surface area contributed by atoms with Crippen molar-refractivity contribution in [3.63, 3.8) is 0 Å². The van der Waals surface area contributed by atoms with Crippen molar-refractivity contribution in [3.05, 3.63) is 59.1 Å². The molecule has 0 radical (unpaired) electrons. The Bertz CT molecular complexity index is 712. The normalized spacial score (nSPS) is 12.7. The number of halogens is 1. The van der Waals surface area contributed by atoms with Gasteiger partial charge in [-0.2, -0.15) is 0 Å². The van der Waals surface area contributed by atoms with E-state index in [4.69, 9.17) is 5.84 Å². The largest absolute Gasteiger partial charge is 0.271 e. The molecule has 3 N–H and O–H groups in total. The molecule has 0 aliphatic heterocycles. The van der Waals surface area contributed by atoms with Crippen LogP contribution in [0.2, 0.25) is 0 Å². The van der Waals surface area contributed by atoms with Crippen molar-refractivity contribution in [1.29, 1.82) is 0 Å². The summed E-state index contributed by atoms with van der Waals surface area (Å²) in [6, 6.07) is 5.08. The lowest BCUT2D eigenvalue weighted by atomic mass is 10.0. The Morgan fingerprint density at radius 1 is 1.32 bits per heavy atom. The zero-order valence-electron chi connectivity index (χ0n) is 9.88. The number of nitrogens with zero attached hydrogens (tertiary/aromatic N) is 2. The molecule has 1 unspecified atom stereocenters. The van der Waals surface area contributed by atoms with Gasteiger partial charge in [0, 0.05) is 18.0 Å². The topological polar surface area (TPSA) is 63.8 Å². The van der Waals surface area contributed by atoms with E-state index in [0.717, 1.165) is 15.8 Å². The van der Waals surface area contributed by atoms with Gasteiger partial charge in [0.1, 0.15) is 5.82 Å². The molecule has 3 aromatic heterocycles. The molecule has 0 fully saturated rings. The van der Waals surface area contributed by atoms with E-state index in [1.165, 1.54) is 6.20 Å². The molecule has 1 atom stereocenters. The van der Waals surface area contributed by atoms with Gasteiger partial charge in [-0.15, -0.1) is 11.3 Å². The second-order valence-electron chi connectivity index (χ2n) is 4.07. The molecule has 19 heavy (non-hydrogen) atoms. The molecule has 0 bridgehead atoms. The molecular formula is C13H11FN4S. The fourth-order valence-electron chi connectivity index (χ4n) is 2.01. The summed E-state index contributed by atoms with van der Waals surface area (Å²) >= 11 is 1.59. The monoisotopic (exact) mass is 274 g/mol. The molecule has 3 aromatic rings. The Kier molecular flexibility index (Phi) is 3.20. The van der Waals surface area contributed by atoms with Crippen LogP contribution in [-0.2, 0) is 0 Å². The van der Waals surface area contributed by atoms with Crippen LogP contribution < -0.4 is 11.3 Å². The molecule has 3 rings (SSSR count). The number of aromatic nitrogens is 2. The number of hydrogen-bond acceptors (Lipinski definition) is 5. The van der Waals surface area contributed by atoms with Crippen LogP contribution in [0.1, 0.15) is 17.2 Å². The van der Waals surface area contributed by atoms with Crippen molar-refractivity contribution in [1.82, 2.24) is 15.4 Å². The molecule has 6 heteroatoms. The summed E-state index contributed by atoms with van der Waals surface area (Å²) in [6.45, 7) is 0. The Morgan fingerprint density at radius 2 is 2.21 bits per heavy atom. The maximum Gasteiger partial charge on any atom is 0.146 e. The van der Waals surface area contributed by atoms with Gasteiger partial charge < -0.3 is 0 Å². The number of hydrogen-bond donors (Lipinski definition) is 2. The van der Waals surface area contributed by atoms with E-state index in [9.17, 15) is 4.39 Å². The lowest BCUT2D eigenvalue weighted by Crippen LogP contribution is -2.29. The molecule has 4 nitrogen and oxygen atoms in total. The van der Waals surface area contributed by atoms with Crippen molar-refractivity contribution in [2.45, 2.75) is 6.04 Å². The molecule has 0 spiro atoms. The maximum atomic E-state index is 13.8. The van der Waals surface area contributed by atoms with Gasteiger partial charge in [-0.1, -0.05) is 0 Å². The summed E-state index contributed by atoms with van der Waals surface area (Å²) in [5, 5.41) is 1.97. The molecule has 96 valence electrons. The van der Waals surface area contributed by atoms with Crippen molar-refractivity contribution in [2.24, 2.45) is 5.84 Å². The van der Waals surface area contributed by atoms with E-state index in [2.05, 4.69) is 15.4 Å². The smallest absolute Gasteiger partial charge is 0.146 e. The van der Waals surface area contributed by atoms with Gasteiger partial charge in [-0.05, 0) is 29.1 Å². The lowest BCUT2D eigenvalue weighted by molar-refractivity contribution is 0.555. The van der Waals surface area contributed by atoms with E-state index in [1.807, 2.05) is 17.5 Å². The summed E-state index contributed by atoms with van der Waals surface area (Å²) in [5.41, 5.74) is 4.84. The average molecular weight is 274 g/mol. The minimum absolute atomic E-state index is 0.392. The number of nitrogens with two attached hydrogens (primary N) is 1. The van der Waals surface area contributed by atoms with Gasteiger partial charge in [0.15, 0.2) is 0 Å². The number of nitrogens with one attached hydrogen (secondary N) is 1. The summed E-state index contributed by atoms with van der Waals surface area (Å²) in [4.78, 5) is 8.08. The number of fused-ring (bicyclic) bond motifs is 1. The Balaban J connectivity index is 2.09. The third-order valence-corrected chi connectivity index (χ3v) is 3.79. The first-order chi connectivity index (χ1) is 9.29. The third kappa shape index (κ3) is 2.21. The minimum Gasteiger partial charge on any atom is -0.271 e. The van der Waals surface area contributed by atoms with E-state index in [1.54, 1.807) is 29.8 Å². The highest BCUT2D eigenvalue weighted by molar-refractivity contribution is 7.17. The van der Waals surface area contributed by atoms with E-state index in [-0.39, 0.29) is 0 Å². The van der Waals surface area contributed by atoms with Crippen LogP contribution in [0.25, 0.3) is 10.2 Å². The zero-order valence-corrected chi connectivity index (χ0v) is 10.7. The fourth-order valence-corrected chi connectivity index (χ4v) is 2.79. The predicted octanol–water partition coefficient (Wildman–Crippen LogP) is 2.38. The number of thiophene rings is 1. The Hall–Kier alpha value is -1.89. The van der Waals surface area contributed by atoms with Crippen LogP contribution in [0.15, 0.2) is 42.2 Å². The quantitative estimate of drug-likeness (QED) is 0.568. The third-order valence-electron chi connectivity index (χ3n) is 2.94. The Morgan fingerprint density at radius 3 is 3.00 bits per heavy atom. The molecule has 0 aliphatic rings. The second kappa shape index (κ2) is 5.00. The van der Waals surface area contributed by atoms with Crippen molar-refractivity contribution in [2.75, 3.05) is 0 Å². The van der Waals surface area contributed by atoms with Crippen LogP contribution in [0.5, 0.6) is 0 Å². The van der Waals surface area contributed by atoms with Crippen LogP contribution in [0, 0.1) is 5.82 Å². The van der Waals surface area contributed by atoms with Crippen LogP contribution >= 0.6 is 11.3 Å². The molecule has 0 saturated carbocycles. The zero-order chi connectivity index (χ0) is 13.2. The summed E-state index contributed by atoms with van der Waals surface area (Å²) in [5.74, 6) is 5.17. The first kappa shape index (κ1) is 12.2. The number of hydrazine groups is 1. The highest BCUT2D eigenvalue weighted by atomic mass is 32.1. The first-order valence-electron chi connectivity index (χ1n) is 5.68. The number of rotatable bonds is 3. The van der Waals surface area contributed by atoms with E-state index in [0.29, 0.717) is 5.56 Å². The fraction of sp³-hybridized carbons (Fsp3) is 0.0769. The summed E-state index contributed by atoms with van der Waals surface area (Å²) in [6.07, 6.45) is 4.43. The van der Waals surface area contributed by atoms with Crippen LogP contribution in [0.3, 0.4) is 0 Å². The van der Waals surface area contributed by atoms with E-state index >= 15 is 0 Å². The van der Waals surface area contributed by atoms with Crippen molar-refractivity contribution >= 4 is 21.6 Å². The first-order valence-corrected chi connectivity index (χ1v) is 6.56. The summed E-state index contributed by atoms with van der Waals surface area (Å²) in [7, 11) is 0. The standard InChI is InChI=1S/C13H11FN4S/c14-10-7-16-3-1-9(10)13(18-15)8-5-12-11(17-6-8)2-4-19-12/h1-7,13,18H,15H2. The van der Waals surface area contributed by atoms with Crippen molar-refractivity contribution < 1.29 is 4.39 Å². The molecule has 3 heterocycles. The SMILES string of the molecule is NNC(c1cnc2ccsc2c1)c1ccncc1F. The average Bonchev–Trinajstić information content (AvgIpc) is 2.89. The molecule has 0 amide bonds. The van der Waals surface area contributed by atoms with Gasteiger partial charge >= 0.3 is 0 Å². The molecule has 0 aliphatic carbocycles. The molecule has 0 aromatic carbocycles. The molecule has 0 saturated heterocycles. The summed E-state index contributed by atoms with van der Waals surface area (Å²) < 4.78 is 14.8. The highest BCUT2D eigenvalue weighted by Gasteiger charge is 2.17. The number of pyridine rings is 2. The van der Waals surface area contributed by atoms with Crippen LogP contribution in [-0.4, -0.2) is 9.97 Å². The van der Waals surface area contributed by atoms with Gasteiger partial charge in [-0.3, -0.25) is 15.8 Å². The van der Waals surface area contributed by atoms with E-state index < -0.39 is 11.9 Å². The predicted molar refractivity (Wildman–Crippen MR) is 73.0 cm³/mol. The second-order valence-corrected chi connectivity index (χ2v) is 5.02. The van der Waals surface area contributed by atoms with Crippen molar-refractivity contribution in [3.8, 4) is 0 Å². The maximum absolute atomic E-state index is 13.8. The van der Waals surface area contributed by atoms with Crippen LogP contribution in [0.4, 0.5) is 4.39 Å². The molecular weight excluding hydrogens is 263 g/mol. The van der Waals surface area contributed by atoms with Gasteiger partial charge in [0.2, 0.25) is 0 Å². The van der Waals surface area contributed by atoms with Gasteiger partial charge in [0.25, 0.3) is 0 Å². The lowest BCUT2D eigenvalue weighted by Gasteiger charge is -2.16. The van der Waals surface area contributed by atoms with Gasteiger partial charge in [0.05, 0.1) is 22.5 Å². The Labute approximate surface area is 113 Å².